The molecule has 0 saturated carbocycles. The fourth-order valence-corrected chi connectivity index (χ4v) is 2.61. The van der Waals surface area contributed by atoms with E-state index in [0.29, 0.717) is 18.4 Å². The van der Waals surface area contributed by atoms with E-state index in [1.165, 1.54) is 0 Å². The van der Waals surface area contributed by atoms with E-state index in [9.17, 15) is 4.79 Å². The number of methoxy groups -OCH3 is 1. The van der Waals surface area contributed by atoms with E-state index >= 15 is 0 Å². The second-order valence-corrected chi connectivity index (χ2v) is 4.93. The summed E-state index contributed by atoms with van der Waals surface area (Å²) in [7, 11) is 1.75. The second-order valence-electron chi connectivity index (χ2n) is 4.93. The van der Waals surface area contributed by atoms with Gasteiger partial charge >= 0.3 is 5.97 Å². The second kappa shape index (κ2) is 7.67. The molecule has 0 aromatic heterocycles. The van der Waals surface area contributed by atoms with Crippen LogP contribution in [-0.2, 0) is 9.53 Å². The first-order valence-corrected chi connectivity index (χ1v) is 6.62. The smallest absolute Gasteiger partial charge is 0.303 e. The van der Waals surface area contributed by atoms with Gasteiger partial charge in [-0.25, -0.2) is 0 Å². The third-order valence-corrected chi connectivity index (χ3v) is 3.76. The zero-order chi connectivity index (χ0) is 12.7. The van der Waals surface area contributed by atoms with Gasteiger partial charge in [0.05, 0.1) is 6.61 Å². The monoisotopic (exact) mass is 243 g/mol. The molecular formula is C13H25NO3. The van der Waals surface area contributed by atoms with Gasteiger partial charge < -0.3 is 9.84 Å². The van der Waals surface area contributed by atoms with E-state index in [1.54, 1.807) is 7.11 Å². The summed E-state index contributed by atoms with van der Waals surface area (Å²) in [6.45, 7) is 5.18. The van der Waals surface area contributed by atoms with Crippen LogP contribution in [0.2, 0.25) is 0 Å². The molecule has 1 N–H and O–H groups in total. The van der Waals surface area contributed by atoms with Crippen molar-refractivity contribution in [2.24, 2.45) is 5.92 Å². The number of piperidine rings is 1. The normalized spacial score (nSPS) is 20.4. The molecule has 1 saturated heterocycles. The van der Waals surface area contributed by atoms with Crippen LogP contribution in [0.4, 0.5) is 0 Å². The molecule has 1 unspecified atom stereocenters. The summed E-state index contributed by atoms with van der Waals surface area (Å²) in [5.74, 6) is -0.0688. The van der Waals surface area contributed by atoms with Gasteiger partial charge in [0.2, 0.25) is 0 Å². The minimum absolute atomic E-state index is 0.319. The molecule has 4 nitrogen and oxygen atoms in total. The summed E-state index contributed by atoms with van der Waals surface area (Å²) < 4.78 is 5.23. The molecule has 1 rings (SSSR count). The summed E-state index contributed by atoms with van der Waals surface area (Å²) >= 11 is 0. The zero-order valence-electron chi connectivity index (χ0n) is 11.0. The predicted octanol–water partition coefficient (Wildman–Crippen LogP) is 1.99. The summed E-state index contributed by atoms with van der Waals surface area (Å²) in [4.78, 5) is 13.0. The van der Waals surface area contributed by atoms with Crippen LogP contribution in [0.25, 0.3) is 0 Å². The third-order valence-electron chi connectivity index (χ3n) is 3.76. The van der Waals surface area contributed by atoms with Crippen LogP contribution >= 0.6 is 0 Å². The number of likely N-dealkylation sites (tertiary alicyclic amines) is 1. The Morgan fingerprint density at radius 3 is 2.59 bits per heavy atom. The molecule has 1 heterocycles. The van der Waals surface area contributed by atoms with Gasteiger partial charge in [-0.2, -0.15) is 0 Å². The molecule has 1 aliphatic heterocycles. The topological polar surface area (TPSA) is 49.8 Å². The summed E-state index contributed by atoms with van der Waals surface area (Å²) in [6.07, 6.45) is 4.54. The Morgan fingerprint density at radius 1 is 1.47 bits per heavy atom. The molecule has 100 valence electrons. The molecule has 1 fully saturated rings. The van der Waals surface area contributed by atoms with Gasteiger partial charge in [-0.3, -0.25) is 9.69 Å². The van der Waals surface area contributed by atoms with Crippen molar-refractivity contribution in [1.82, 2.24) is 4.90 Å². The Labute approximate surface area is 104 Å². The van der Waals surface area contributed by atoms with E-state index in [4.69, 9.17) is 9.84 Å². The van der Waals surface area contributed by atoms with Crippen molar-refractivity contribution in [3.05, 3.63) is 0 Å². The number of carboxylic acid groups (broad SMARTS) is 1. The molecule has 17 heavy (non-hydrogen) atoms. The number of hydrogen-bond donors (Lipinski definition) is 1. The fraction of sp³-hybridized carbons (Fsp3) is 0.923. The highest BCUT2D eigenvalue weighted by Crippen LogP contribution is 2.23. The number of hydrogen-bond acceptors (Lipinski definition) is 3. The summed E-state index contributed by atoms with van der Waals surface area (Å²) in [5, 5.41) is 8.67. The molecule has 4 heteroatoms. The quantitative estimate of drug-likeness (QED) is 0.743. The van der Waals surface area contributed by atoms with Gasteiger partial charge in [-0.1, -0.05) is 6.92 Å². The average molecular weight is 243 g/mol. The Morgan fingerprint density at radius 2 is 2.12 bits per heavy atom. The maximum Gasteiger partial charge on any atom is 0.303 e. The number of aliphatic carboxylic acids is 1. The van der Waals surface area contributed by atoms with Crippen molar-refractivity contribution in [3.8, 4) is 0 Å². The maximum absolute atomic E-state index is 10.5. The van der Waals surface area contributed by atoms with E-state index in [2.05, 4.69) is 11.8 Å². The minimum atomic E-state index is -0.668. The highest BCUT2D eigenvalue weighted by atomic mass is 16.5. The van der Waals surface area contributed by atoms with Gasteiger partial charge in [0, 0.05) is 19.6 Å². The fourth-order valence-electron chi connectivity index (χ4n) is 2.61. The number of carboxylic acids is 1. The lowest BCUT2D eigenvalue weighted by atomic mass is 9.91. The predicted molar refractivity (Wildman–Crippen MR) is 67.1 cm³/mol. The number of rotatable bonds is 7. The molecule has 0 bridgehead atoms. The van der Waals surface area contributed by atoms with Crippen LogP contribution in [0.3, 0.4) is 0 Å². The number of carbonyl (C=O) groups is 1. The van der Waals surface area contributed by atoms with E-state index in [0.717, 1.165) is 45.4 Å². The molecular weight excluding hydrogens is 218 g/mol. The minimum Gasteiger partial charge on any atom is -0.481 e. The van der Waals surface area contributed by atoms with Crippen molar-refractivity contribution in [3.63, 3.8) is 0 Å². The zero-order valence-corrected chi connectivity index (χ0v) is 11.0. The van der Waals surface area contributed by atoms with Crippen molar-refractivity contribution in [2.45, 2.75) is 45.1 Å². The van der Waals surface area contributed by atoms with Crippen LogP contribution in [0.5, 0.6) is 0 Å². The van der Waals surface area contributed by atoms with Crippen LogP contribution in [0.1, 0.15) is 39.0 Å². The van der Waals surface area contributed by atoms with Crippen LogP contribution < -0.4 is 0 Å². The first kappa shape index (κ1) is 14.5. The first-order valence-electron chi connectivity index (χ1n) is 6.62. The van der Waals surface area contributed by atoms with Crippen molar-refractivity contribution in [1.29, 1.82) is 0 Å². The van der Waals surface area contributed by atoms with Crippen LogP contribution in [-0.4, -0.2) is 48.8 Å². The Bertz CT molecular complexity index is 225. The van der Waals surface area contributed by atoms with E-state index < -0.39 is 5.97 Å². The highest BCUT2D eigenvalue weighted by molar-refractivity contribution is 5.66. The third kappa shape index (κ3) is 5.04. The summed E-state index contributed by atoms with van der Waals surface area (Å²) in [5.41, 5.74) is 0. The first-order chi connectivity index (χ1) is 8.17. The maximum atomic E-state index is 10.5. The van der Waals surface area contributed by atoms with Gasteiger partial charge in [0.1, 0.15) is 0 Å². The van der Waals surface area contributed by atoms with Gasteiger partial charge in [-0.15, -0.1) is 0 Å². The Balaban J connectivity index is 2.26. The molecule has 0 spiro atoms. The molecule has 0 aromatic carbocycles. The lowest BCUT2D eigenvalue weighted by Crippen LogP contribution is -2.43. The van der Waals surface area contributed by atoms with Crippen LogP contribution in [0.15, 0.2) is 0 Å². The van der Waals surface area contributed by atoms with Crippen molar-refractivity contribution < 1.29 is 14.6 Å². The SMILES string of the molecule is CCC(COC)N1CCC(CCC(=O)O)CC1. The molecule has 0 aliphatic carbocycles. The van der Waals surface area contributed by atoms with Gasteiger partial charge in [-0.05, 0) is 44.7 Å². The average Bonchev–Trinajstić information content (AvgIpc) is 2.34. The molecule has 1 aliphatic rings. The molecule has 0 aromatic rings. The van der Waals surface area contributed by atoms with Crippen molar-refractivity contribution >= 4 is 5.97 Å². The molecule has 0 amide bonds. The highest BCUT2D eigenvalue weighted by Gasteiger charge is 2.24. The molecule has 1 atom stereocenters. The van der Waals surface area contributed by atoms with E-state index in [1.807, 2.05) is 0 Å². The Kier molecular flexibility index (Phi) is 6.52. The molecule has 0 radical (unpaired) electrons. The lowest BCUT2D eigenvalue weighted by Gasteiger charge is -2.36. The Hall–Kier alpha value is -0.610. The summed E-state index contributed by atoms with van der Waals surface area (Å²) in [6, 6.07) is 0.528. The standard InChI is InChI=1S/C13H25NO3/c1-3-12(10-17-2)14-8-6-11(7-9-14)4-5-13(15)16/h11-12H,3-10H2,1-2H3,(H,15,16). The van der Waals surface area contributed by atoms with Crippen LogP contribution in [0, 0.1) is 5.92 Å². The number of nitrogens with zero attached hydrogens (tertiary/aromatic N) is 1. The van der Waals surface area contributed by atoms with E-state index in [-0.39, 0.29) is 0 Å². The van der Waals surface area contributed by atoms with Gasteiger partial charge in [0.15, 0.2) is 0 Å². The lowest BCUT2D eigenvalue weighted by molar-refractivity contribution is -0.137. The van der Waals surface area contributed by atoms with Gasteiger partial charge in [0.25, 0.3) is 0 Å². The van der Waals surface area contributed by atoms with Crippen molar-refractivity contribution in [2.75, 3.05) is 26.8 Å². The number of ether oxygens (including phenoxy) is 1. The largest absolute Gasteiger partial charge is 0.481 e.